The molecule has 4 atom stereocenters. The van der Waals surface area contributed by atoms with Crippen molar-refractivity contribution in [1.29, 1.82) is 0 Å². The molecule has 0 spiro atoms. The Balaban J connectivity index is 1.26. The van der Waals surface area contributed by atoms with Gasteiger partial charge in [-0.05, 0) is 74.6 Å². The van der Waals surface area contributed by atoms with Gasteiger partial charge in [0.05, 0.1) is 19.8 Å². The predicted octanol–water partition coefficient (Wildman–Crippen LogP) is 3.68. The van der Waals surface area contributed by atoms with Crippen LogP contribution in [-0.4, -0.2) is 61.2 Å². The normalized spacial score (nSPS) is 26.4. The summed E-state index contributed by atoms with van der Waals surface area (Å²) in [5, 5.41) is 5.99. The molecular formula is C29H36FN3O4. The highest BCUT2D eigenvalue weighted by Crippen LogP contribution is 2.38. The molecule has 3 fully saturated rings. The molecule has 0 aromatic heterocycles. The molecule has 0 aliphatic carbocycles. The molecule has 2 aromatic carbocycles. The smallest absolute Gasteiger partial charge is 0.251 e. The molecule has 3 saturated heterocycles. The molecule has 3 aliphatic heterocycles. The van der Waals surface area contributed by atoms with E-state index >= 15 is 0 Å². The van der Waals surface area contributed by atoms with Crippen molar-refractivity contribution in [3.05, 3.63) is 64.5 Å². The molecule has 37 heavy (non-hydrogen) atoms. The van der Waals surface area contributed by atoms with Crippen molar-refractivity contribution in [3.63, 3.8) is 0 Å². The maximum atomic E-state index is 13.6. The van der Waals surface area contributed by atoms with Gasteiger partial charge in [-0.1, -0.05) is 12.1 Å². The van der Waals surface area contributed by atoms with Gasteiger partial charge >= 0.3 is 0 Å². The van der Waals surface area contributed by atoms with Gasteiger partial charge in [0.2, 0.25) is 5.91 Å². The first-order chi connectivity index (χ1) is 17.8. The molecular weight excluding hydrogens is 473 g/mol. The maximum absolute atomic E-state index is 13.6. The Morgan fingerprint density at radius 3 is 2.62 bits per heavy atom. The largest absolute Gasteiger partial charge is 0.493 e. The van der Waals surface area contributed by atoms with Crippen LogP contribution in [0.2, 0.25) is 0 Å². The summed E-state index contributed by atoms with van der Waals surface area (Å²) in [6.07, 6.45) is 2.10. The Morgan fingerprint density at radius 1 is 1.19 bits per heavy atom. The number of carbonyl (C=O) groups excluding carboxylic acids is 2. The molecule has 3 heterocycles. The highest BCUT2D eigenvalue weighted by molar-refractivity contribution is 5.94. The summed E-state index contributed by atoms with van der Waals surface area (Å²) in [5.74, 6) is 0.541. The second-order valence-electron chi connectivity index (χ2n) is 10.7. The van der Waals surface area contributed by atoms with Crippen molar-refractivity contribution in [2.24, 2.45) is 5.92 Å². The SMILES string of the molecule is Cc1c(OCC2CNC(=O)C2)ccc(C(C)N2C3COCC2CC(NC(=O)c2cccc(F)c2)C3)c1C. The predicted molar refractivity (Wildman–Crippen MR) is 138 cm³/mol. The first-order valence-electron chi connectivity index (χ1n) is 13.2. The minimum Gasteiger partial charge on any atom is -0.493 e. The van der Waals surface area contributed by atoms with Gasteiger partial charge in [0.15, 0.2) is 0 Å². The number of ether oxygens (including phenoxy) is 2. The van der Waals surface area contributed by atoms with E-state index in [4.69, 9.17) is 9.47 Å². The fourth-order valence-electron chi connectivity index (χ4n) is 6.17. The zero-order chi connectivity index (χ0) is 26.1. The number of hydrogen-bond donors (Lipinski definition) is 2. The molecule has 0 saturated carbocycles. The van der Waals surface area contributed by atoms with Crippen LogP contribution < -0.4 is 15.4 Å². The van der Waals surface area contributed by atoms with Crippen molar-refractivity contribution >= 4 is 11.8 Å². The van der Waals surface area contributed by atoms with Crippen LogP contribution in [0.4, 0.5) is 4.39 Å². The third-order valence-corrected chi connectivity index (χ3v) is 8.21. The number of halogens is 1. The average molecular weight is 510 g/mol. The van der Waals surface area contributed by atoms with Gasteiger partial charge in [-0.3, -0.25) is 14.5 Å². The van der Waals surface area contributed by atoms with Gasteiger partial charge in [0, 0.05) is 48.6 Å². The Kier molecular flexibility index (Phi) is 7.49. The summed E-state index contributed by atoms with van der Waals surface area (Å²) in [5.41, 5.74) is 3.95. The van der Waals surface area contributed by atoms with Crippen LogP contribution in [0, 0.1) is 25.6 Å². The fraction of sp³-hybridized carbons (Fsp3) is 0.517. The van der Waals surface area contributed by atoms with Crippen molar-refractivity contribution in [3.8, 4) is 5.75 Å². The summed E-state index contributed by atoms with van der Waals surface area (Å²) in [4.78, 5) is 26.8. The number of rotatable bonds is 7. The number of fused-ring (bicyclic) bond motifs is 2. The molecule has 198 valence electrons. The van der Waals surface area contributed by atoms with Gasteiger partial charge in [0.1, 0.15) is 11.6 Å². The topological polar surface area (TPSA) is 79.9 Å². The third-order valence-electron chi connectivity index (χ3n) is 8.21. The summed E-state index contributed by atoms with van der Waals surface area (Å²) in [7, 11) is 0. The number of amides is 2. The van der Waals surface area contributed by atoms with Crippen LogP contribution in [0.5, 0.6) is 5.75 Å². The number of hydrogen-bond acceptors (Lipinski definition) is 5. The first kappa shape index (κ1) is 25.7. The number of benzene rings is 2. The van der Waals surface area contributed by atoms with Crippen LogP contribution in [0.1, 0.15) is 59.3 Å². The quantitative estimate of drug-likeness (QED) is 0.595. The Morgan fingerprint density at radius 2 is 1.95 bits per heavy atom. The highest BCUT2D eigenvalue weighted by atomic mass is 19.1. The fourth-order valence-corrected chi connectivity index (χ4v) is 6.17. The lowest BCUT2D eigenvalue weighted by molar-refractivity contribution is -0.119. The maximum Gasteiger partial charge on any atom is 0.251 e. The summed E-state index contributed by atoms with van der Waals surface area (Å²) in [6.45, 7) is 8.94. The molecule has 2 aromatic rings. The highest BCUT2D eigenvalue weighted by Gasteiger charge is 2.42. The first-order valence-corrected chi connectivity index (χ1v) is 13.2. The van der Waals surface area contributed by atoms with Crippen molar-refractivity contribution < 1.29 is 23.5 Å². The summed E-state index contributed by atoms with van der Waals surface area (Å²) < 4.78 is 25.6. The molecule has 5 rings (SSSR count). The number of carbonyl (C=O) groups is 2. The van der Waals surface area contributed by atoms with Crippen LogP contribution in [-0.2, 0) is 9.53 Å². The van der Waals surface area contributed by atoms with Gasteiger partial charge in [-0.15, -0.1) is 0 Å². The zero-order valence-corrected chi connectivity index (χ0v) is 21.8. The number of piperidine rings is 1. The third kappa shape index (κ3) is 5.50. The second kappa shape index (κ2) is 10.8. The Bertz CT molecular complexity index is 1160. The molecule has 2 amide bonds. The standard InChI is InChI=1S/C29H36FN3O4/c1-17-18(2)27(37-14-20-9-28(34)31-13-20)8-7-26(17)19(3)33-24-11-23(12-25(33)16-36-15-24)32-29(35)21-5-4-6-22(30)10-21/h4-8,10,19-20,23-25H,9,11-16H2,1-3H3,(H,31,34)(H,32,35). The number of morpholine rings is 1. The van der Waals surface area contributed by atoms with Crippen LogP contribution >= 0.6 is 0 Å². The molecule has 7 nitrogen and oxygen atoms in total. The molecule has 0 radical (unpaired) electrons. The van der Waals surface area contributed by atoms with Crippen LogP contribution in [0.25, 0.3) is 0 Å². The monoisotopic (exact) mass is 509 g/mol. The van der Waals surface area contributed by atoms with Crippen molar-refractivity contribution in [2.45, 2.75) is 64.2 Å². The molecule has 2 bridgehead atoms. The van der Waals surface area contributed by atoms with E-state index in [1.807, 2.05) is 0 Å². The second-order valence-corrected chi connectivity index (χ2v) is 10.7. The van der Waals surface area contributed by atoms with E-state index in [2.05, 4.69) is 48.4 Å². The van der Waals surface area contributed by atoms with E-state index < -0.39 is 5.82 Å². The van der Waals surface area contributed by atoms with Crippen molar-refractivity contribution in [2.75, 3.05) is 26.4 Å². The Hall–Kier alpha value is -2.97. The molecule has 4 unspecified atom stereocenters. The minimum atomic E-state index is -0.408. The van der Waals surface area contributed by atoms with Crippen LogP contribution in [0.3, 0.4) is 0 Å². The zero-order valence-electron chi connectivity index (χ0n) is 21.8. The Labute approximate surface area is 217 Å². The molecule has 2 N–H and O–H groups in total. The van der Waals surface area contributed by atoms with E-state index in [9.17, 15) is 14.0 Å². The summed E-state index contributed by atoms with van der Waals surface area (Å²) in [6, 6.07) is 10.6. The summed E-state index contributed by atoms with van der Waals surface area (Å²) >= 11 is 0. The van der Waals surface area contributed by atoms with Crippen molar-refractivity contribution in [1.82, 2.24) is 15.5 Å². The van der Waals surface area contributed by atoms with E-state index in [1.54, 1.807) is 12.1 Å². The lowest BCUT2D eigenvalue weighted by Crippen LogP contribution is -2.61. The van der Waals surface area contributed by atoms with Gasteiger partial charge in [-0.25, -0.2) is 4.39 Å². The number of nitrogens with zero attached hydrogens (tertiary/aromatic N) is 1. The van der Waals surface area contributed by atoms with Crippen LogP contribution in [0.15, 0.2) is 36.4 Å². The van der Waals surface area contributed by atoms with E-state index in [0.717, 1.165) is 24.2 Å². The van der Waals surface area contributed by atoms with E-state index in [0.29, 0.717) is 38.3 Å². The lowest BCUT2D eigenvalue weighted by atomic mass is 9.86. The molecule has 8 heteroatoms. The average Bonchev–Trinajstić information content (AvgIpc) is 3.29. The van der Waals surface area contributed by atoms with Gasteiger partial charge in [-0.2, -0.15) is 0 Å². The number of nitrogens with one attached hydrogen (secondary N) is 2. The lowest BCUT2D eigenvalue weighted by Gasteiger charge is -2.51. The molecule has 3 aliphatic rings. The van der Waals surface area contributed by atoms with Gasteiger partial charge in [0.25, 0.3) is 5.91 Å². The van der Waals surface area contributed by atoms with Gasteiger partial charge < -0.3 is 20.1 Å². The van der Waals surface area contributed by atoms with E-state index in [-0.39, 0.29) is 41.9 Å². The minimum absolute atomic E-state index is 0.0219. The van der Waals surface area contributed by atoms with E-state index in [1.165, 1.54) is 23.3 Å².